The molecule has 1 fully saturated rings. The third-order valence-corrected chi connectivity index (χ3v) is 3.77. The Morgan fingerprint density at radius 2 is 1.80 bits per heavy atom. The average Bonchev–Trinajstić information content (AvgIpc) is 2.89. The van der Waals surface area contributed by atoms with Crippen molar-refractivity contribution in [1.29, 1.82) is 0 Å². The fourth-order valence-electron chi connectivity index (χ4n) is 2.60. The Morgan fingerprint density at radius 3 is 2.40 bits per heavy atom. The van der Waals surface area contributed by atoms with E-state index in [1.807, 2.05) is 30.1 Å². The van der Waals surface area contributed by atoms with Crippen molar-refractivity contribution in [2.24, 2.45) is 7.05 Å². The van der Waals surface area contributed by atoms with Crippen molar-refractivity contribution in [3.63, 3.8) is 0 Å². The second-order valence-corrected chi connectivity index (χ2v) is 5.30. The van der Waals surface area contributed by atoms with Crippen LogP contribution in [-0.4, -0.2) is 46.0 Å². The lowest BCUT2D eigenvalue weighted by Crippen LogP contribution is -2.45. The van der Waals surface area contributed by atoms with Crippen LogP contribution in [0.15, 0.2) is 36.7 Å². The molecule has 5 heteroatoms. The molecule has 2 aromatic rings. The number of aryl methyl sites for hydroxylation is 1. The van der Waals surface area contributed by atoms with Gasteiger partial charge in [0.15, 0.2) is 0 Å². The molecule has 1 aliphatic rings. The number of hydrogen-bond acceptors (Lipinski definition) is 4. The van der Waals surface area contributed by atoms with Crippen LogP contribution in [0, 0.1) is 0 Å². The van der Waals surface area contributed by atoms with Gasteiger partial charge in [0.1, 0.15) is 5.75 Å². The molecule has 1 aliphatic heterocycles. The summed E-state index contributed by atoms with van der Waals surface area (Å²) in [5, 5.41) is 13.5. The second-order valence-electron chi connectivity index (χ2n) is 5.30. The number of phenolic OH excluding ortho intramolecular Hbond substituents is 1. The van der Waals surface area contributed by atoms with Crippen molar-refractivity contribution in [1.82, 2.24) is 14.7 Å². The SMILES string of the molecule is Cn1cc(N2CCN(Cc3ccc(O)cc3)CC2)cn1. The molecule has 0 radical (unpaired) electrons. The second kappa shape index (κ2) is 5.54. The molecule has 0 amide bonds. The highest BCUT2D eigenvalue weighted by molar-refractivity contribution is 5.42. The monoisotopic (exact) mass is 272 g/mol. The van der Waals surface area contributed by atoms with Crippen LogP contribution >= 0.6 is 0 Å². The fraction of sp³-hybridized carbons (Fsp3) is 0.400. The van der Waals surface area contributed by atoms with E-state index in [9.17, 15) is 5.11 Å². The number of benzene rings is 1. The Bertz CT molecular complexity index is 556. The highest BCUT2D eigenvalue weighted by Gasteiger charge is 2.18. The zero-order valence-corrected chi connectivity index (χ0v) is 11.7. The Labute approximate surface area is 119 Å². The first-order valence-electron chi connectivity index (χ1n) is 6.94. The van der Waals surface area contributed by atoms with Crippen molar-refractivity contribution in [2.75, 3.05) is 31.1 Å². The summed E-state index contributed by atoms with van der Waals surface area (Å²) in [6.07, 6.45) is 3.99. The van der Waals surface area contributed by atoms with Gasteiger partial charge in [-0.15, -0.1) is 0 Å². The Morgan fingerprint density at radius 1 is 1.10 bits per heavy atom. The normalized spacial score (nSPS) is 16.6. The highest BCUT2D eigenvalue weighted by Crippen LogP contribution is 2.17. The molecule has 3 rings (SSSR count). The summed E-state index contributed by atoms with van der Waals surface area (Å²) in [7, 11) is 1.95. The van der Waals surface area contributed by atoms with Gasteiger partial charge in [0, 0.05) is 46.0 Å². The molecule has 1 saturated heterocycles. The van der Waals surface area contributed by atoms with Crippen LogP contribution in [0.4, 0.5) is 5.69 Å². The van der Waals surface area contributed by atoms with Crippen molar-refractivity contribution >= 4 is 5.69 Å². The summed E-state index contributed by atoms with van der Waals surface area (Å²) in [5.74, 6) is 0.329. The van der Waals surface area contributed by atoms with E-state index in [4.69, 9.17) is 0 Å². The summed E-state index contributed by atoms with van der Waals surface area (Å²) in [6, 6.07) is 7.48. The Balaban J connectivity index is 1.54. The number of rotatable bonds is 3. The molecule has 1 N–H and O–H groups in total. The van der Waals surface area contributed by atoms with Crippen LogP contribution in [-0.2, 0) is 13.6 Å². The molecular weight excluding hydrogens is 252 g/mol. The van der Waals surface area contributed by atoms with Gasteiger partial charge in [-0.3, -0.25) is 9.58 Å². The molecule has 20 heavy (non-hydrogen) atoms. The van der Waals surface area contributed by atoms with Gasteiger partial charge in [0.25, 0.3) is 0 Å². The van der Waals surface area contributed by atoms with E-state index < -0.39 is 0 Å². The first-order valence-corrected chi connectivity index (χ1v) is 6.94. The molecule has 0 unspecified atom stereocenters. The molecule has 0 atom stereocenters. The Kier molecular flexibility index (Phi) is 3.60. The standard InChI is InChI=1S/C15H20N4O/c1-17-12-14(10-16-17)19-8-6-18(7-9-19)11-13-2-4-15(20)5-3-13/h2-5,10,12,20H,6-9,11H2,1H3. The van der Waals surface area contributed by atoms with Crippen LogP contribution in [0.2, 0.25) is 0 Å². The predicted octanol–water partition coefficient (Wildman–Crippen LogP) is 1.45. The molecule has 2 heterocycles. The minimum absolute atomic E-state index is 0.329. The smallest absolute Gasteiger partial charge is 0.115 e. The van der Waals surface area contributed by atoms with Crippen LogP contribution < -0.4 is 4.90 Å². The summed E-state index contributed by atoms with van der Waals surface area (Å²) < 4.78 is 1.85. The zero-order chi connectivity index (χ0) is 13.9. The van der Waals surface area contributed by atoms with E-state index in [2.05, 4.69) is 21.1 Å². The van der Waals surface area contributed by atoms with Gasteiger partial charge in [-0.05, 0) is 17.7 Å². The van der Waals surface area contributed by atoms with Crippen LogP contribution in [0.1, 0.15) is 5.56 Å². The largest absolute Gasteiger partial charge is 0.508 e. The van der Waals surface area contributed by atoms with E-state index in [0.717, 1.165) is 32.7 Å². The minimum Gasteiger partial charge on any atom is -0.508 e. The number of aromatic hydroxyl groups is 1. The minimum atomic E-state index is 0.329. The van der Waals surface area contributed by atoms with E-state index in [-0.39, 0.29) is 0 Å². The van der Waals surface area contributed by atoms with Gasteiger partial charge in [-0.25, -0.2) is 0 Å². The van der Waals surface area contributed by atoms with E-state index in [1.54, 1.807) is 12.1 Å². The first-order chi connectivity index (χ1) is 9.70. The number of anilines is 1. The van der Waals surface area contributed by atoms with Gasteiger partial charge in [-0.2, -0.15) is 5.10 Å². The van der Waals surface area contributed by atoms with Crippen LogP contribution in [0.5, 0.6) is 5.75 Å². The van der Waals surface area contributed by atoms with Gasteiger partial charge in [-0.1, -0.05) is 12.1 Å². The van der Waals surface area contributed by atoms with Gasteiger partial charge in [0.2, 0.25) is 0 Å². The topological polar surface area (TPSA) is 44.5 Å². The molecule has 0 spiro atoms. The lowest BCUT2D eigenvalue weighted by Gasteiger charge is -2.35. The molecular formula is C15H20N4O. The summed E-state index contributed by atoms with van der Waals surface area (Å²) in [4.78, 5) is 4.82. The van der Waals surface area contributed by atoms with E-state index in [0.29, 0.717) is 5.75 Å². The van der Waals surface area contributed by atoms with Crippen molar-refractivity contribution in [3.8, 4) is 5.75 Å². The number of aromatic nitrogens is 2. The van der Waals surface area contributed by atoms with Crippen LogP contribution in [0.25, 0.3) is 0 Å². The maximum atomic E-state index is 9.30. The summed E-state index contributed by atoms with van der Waals surface area (Å²) in [6.45, 7) is 5.11. The molecule has 1 aromatic carbocycles. The number of piperazine rings is 1. The molecule has 0 aliphatic carbocycles. The van der Waals surface area contributed by atoms with E-state index in [1.165, 1.54) is 11.3 Å². The molecule has 0 bridgehead atoms. The molecule has 0 saturated carbocycles. The van der Waals surface area contributed by atoms with E-state index >= 15 is 0 Å². The predicted molar refractivity (Wildman–Crippen MR) is 78.8 cm³/mol. The molecule has 106 valence electrons. The lowest BCUT2D eigenvalue weighted by atomic mass is 10.2. The van der Waals surface area contributed by atoms with Gasteiger partial charge in [0.05, 0.1) is 11.9 Å². The average molecular weight is 272 g/mol. The van der Waals surface area contributed by atoms with Gasteiger partial charge < -0.3 is 10.0 Å². The number of phenols is 1. The zero-order valence-electron chi connectivity index (χ0n) is 11.7. The first kappa shape index (κ1) is 13.0. The third kappa shape index (κ3) is 2.93. The number of nitrogens with zero attached hydrogens (tertiary/aromatic N) is 4. The molecule has 5 nitrogen and oxygen atoms in total. The number of hydrogen-bond donors (Lipinski definition) is 1. The van der Waals surface area contributed by atoms with Crippen molar-refractivity contribution in [3.05, 3.63) is 42.2 Å². The van der Waals surface area contributed by atoms with Crippen molar-refractivity contribution in [2.45, 2.75) is 6.54 Å². The lowest BCUT2D eigenvalue weighted by molar-refractivity contribution is 0.250. The summed E-state index contributed by atoms with van der Waals surface area (Å²) >= 11 is 0. The fourth-order valence-corrected chi connectivity index (χ4v) is 2.60. The Hall–Kier alpha value is -2.01. The maximum absolute atomic E-state index is 9.30. The molecule has 1 aromatic heterocycles. The third-order valence-electron chi connectivity index (χ3n) is 3.77. The van der Waals surface area contributed by atoms with Gasteiger partial charge >= 0.3 is 0 Å². The van der Waals surface area contributed by atoms with Crippen LogP contribution in [0.3, 0.4) is 0 Å². The maximum Gasteiger partial charge on any atom is 0.115 e. The van der Waals surface area contributed by atoms with Crippen molar-refractivity contribution < 1.29 is 5.11 Å². The quantitative estimate of drug-likeness (QED) is 0.918. The summed E-state index contributed by atoms with van der Waals surface area (Å²) in [5.41, 5.74) is 2.45. The highest BCUT2D eigenvalue weighted by atomic mass is 16.3.